The Labute approximate surface area is 418 Å². The monoisotopic (exact) mass is 1030 g/mol. The van der Waals surface area contributed by atoms with Crippen LogP contribution in [-0.2, 0) is 20.0 Å². The number of ether oxygens (including phenoxy) is 2. The number of amides is 1. The summed E-state index contributed by atoms with van der Waals surface area (Å²) < 4.78 is 84.2. The molecule has 72 heavy (non-hydrogen) atoms. The SMILES string of the molecule is CC(C)c1ccccc1[C@H]1CN(S(C)(=O)=O)CC[C@H]1N1CC2(CCN(c3ccc(C(=O)NS(=O)(=O)c4cc5c(c([N+](=O)[O-])c4)N[C@@H](C4CCC(C)(O)CC4)CO5)c(Oc4cnc5[nH]cc(F)c5c4)c3)CC2)C1. The molecule has 1 saturated carbocycles. The van der Waals surface area contributed by atoms with Crippen LogP contribution in [0.3, 0.4) is 0 Å². The quantitative estimate of drug-likeness (QED) is 0.0702. The third-order valence-electron chi connectivity index (χ3n) is 15.9. The molecule has 0 unspecified atom stereocenters. The van der Waals surface area contributed by atoms with E-state index in [4.69, 9.17) is 9.47 Å². The number of halogens is 1. The molecule has 1 amide bonds. The molecule has 1 aliphatic carbocycles. The van der Waals surface area contributed by atoms with Gasteiger partial charge >= 0.3 is 0 Å². The van der Waals surface area contributed by atoms with Crippen LogP contribution in [0.4, 0.5) is 21.5 Å². The standard InChI is InChI=1S/C51H61FN8O10S2/c1-31(2)36-7-5-6-8-37(36)40-27-59(71(4,65)66)18-13-43(40)58-29-51(30-58)16-19-57(20-17-51)33-9-10-38(45(21-33)70-34-22-39-41(52)26-54-48(39)53-25-34)49(61)56-72(67,68)35-23-44(60(63)64)47-46(24-35)69-28-42(55-47)32-11-14-50(3,62)15-12-32/h5-10,21-26,31-32,40,42-43,55,62H,11-20,27-30H2,1-4H3,(H,53,54)(H,56,61)/t32?,40-,42-,43-,50?/m1/s1. The first kappa shape index (κ1) is 49.7. The summed E-state index contributed by atoms with van der Waals surface area (Å²) in [6, 6.07) is 16.6. The van der Waals surface area contributed by atoms with Crippen molar-refractivity contribution in [2.24, 2.45) is 11.3 Å². The van der Waals surface area contributed by atoms with E-state index in [-0.39, 0.29) is 81.4 Å². The van der Waals surface area contributed by atoms with Gasteiger partial charge in [0, 0.05) is 81.3 Å². The minimum atomic E-state index is -4.75. The Bertz CT molecular complexity index is 3140. The van der Waals surface area contributed by atoms with E-state index in [9.17, 15) is 41.2 Å². The van der Waals surface area contributed by atoms with Gasteiger partial charge in [-0.3, -0.25) is 19.8 Å². The van der Waals surface area contributed by atoms with Crippen molar-refractivity contribution in [2.45, 2.75) is 100 Å². The molecule has 3 saturated heterocycles. The number of hydrogen-bond donors (Lipinski definition) is 4. The number of aromatic nitrogens is 2. The zero-order chi connectivity index (χ0) is 50.9. The van der Waals surface area contributed by atoms with Crippen LogP contribution in [-0.4, -0.2) is 122 Å². The highest BCUT2D eigenvalue weighted by Crippen LogP contribution is 2.48. The second-order valence-corrected chi connectivity index (χ2v) is 24.8. The van der Waals surface area contributed by atoms with E-state index in [1.54, 1.807) is 23.4 Å². The number of nitro groups is 1. The number of aliphatic hydroxyl groups is 1. The number of nitrogens with one attached hydrogen (secondary N) is 3. The summed E-state index contributed by atoms with van der Waals surface area (Å²) in [6.07, 6.45) is 8.80. The fraction of sp³-hybridized carbons (Fsp3) is 0.490. The number of likely N-dealkylation sites (tertiary alicyclic amines) is 1. The van der Waals surface area contributed by atoms with Gasteiger partial charge in [0.2, 0.25) is 10.0 Å². The maximum absolute atomic E-state index is 14.7. The van der Waals surface area contributed by atoms with Crippen LogP contribution < -0.4 is 24.4 Å². The first-order chi connectivity index (χ1) is 34.2. The van der Waals surface area contributed by atoms with E-state index in [0.717, 1.165) is 50.7 Å². The Morgan fingerprint density at radius 2 is 1.75 bits per heavy atom. The number of H-pyrrole nitrogens is 1. The lowest BCUT2D eigenvalue weighted by Crippen LogP contribution is -2.65. The van der Waals surface area contributed by atoms with Crippen molar-refractivity contribution in [3.63, 3.8) is 0 Å². The summed E-state index contributed by atoms with van der Waals surface area (Å²) in [4.78, 5) is 37.0. The number of carbonyl (C=O) groups is 1. The Hall–Kier alpha value is -5.87. The van der Waals surface area contributed by atoms with Gasteiger partial charge < -0.3 is 29.8 Å². The van der Waals surface area contributed by atoms with E-state index < -0.39 is 52.9 Å². The van der Waals surface area contributed by atoms with Gasteiger partial charge in [-0.2, -0.15) is 0 Å². The number of rotatable bonds is 12. The molecule has 2 aromatic heterocycles. The zero-order valence-corrected chi connectivity index (χ0v) is 42.4. The highest BCUT2D eigenvalue weighted by molar-refractivity contribution is 7.90. The second-order valence-electron chi connectivity index (χ2n) is 21.1. The van der Waals surface area contributed by atoms with Crippen LogP contribution in [0.5, 0.6) is 17.2 Å². The molecule has 1 spiro atoms. The van der Waals surface area contributed by atoms with E-state index in [2.05, 4.69) is 55.8 Å². The topological polar surface area (TPSA) is 230 Å². The van der Waals surface area contributed by atoms with Gasteiger partial charge in [0.25, 0.3) is 21.6 Å². The van der Waals surface area contributed by atoms with Crippen LogP contribution in [0.15, 0.2) is 78.0 Å². The van der Waals surface area contributed by atoms with Crippen molar-refractivity contribution >= 4 is 54.0 Å². The molecule has 384 valence electrons. The average Bonchev–Trinajstić information content (AvgIpc) is 3.71. The van der Waals surface area contributed by atoms with Crippen LogP contribution in [0.2, 0.25) is 0 Å². The number of aromatic amines is 1. The number of nitrogens with zero attached hydrogens (tertiary/aromatic N) is 5. The highest BCUT2D eigenvalue weighted by Gasteiger charge is 2.50. The lowest BCUT2D eigenvalue weighted by atomic mass is 9.69. The maximum atomic E-state index is 14.7. The summed E-state index contributed by atoms with van der Waals surface area (Å²) in [5, 5.41) is 26.2. The van der Waals surface area contributed by atoms with Crippen molar-refractivity contribution in [1.29, 1.82) is 0 Å². The number of sulfonamides is 2. The number of carbonyl (C=O) groups excluding carboxylic acids is 1. The molecule has 21 heteroatoms. The molecule has 18 nitrogen and oxygen atoms in total. The smallest absolute Gasteiger partial charge is 0.297 e. The molecule has 5 aliphatic rings. The van der Waals surface area contributed by atoms with E-state index in [1.807, 2.05) is 12.1 Å². The molecular weight excluding hydrogens is 968 g/mol. The number of anilines is 2. The van der Waals surface area contributed by atoms with Gasteiger partial charge in [-0.1, -0.05) is 38.1 Å². The molecule has 3 aromatic carbocycles. The Balaban J connectivity index is 0.866. The lowest BCUT2D eigenvalue weighted by molar-refractivity contribution is -0.384. The molecule has 3 atom stereocenters. The number of nitro benzene ring substituents is 1. The van der Waals surface area contributed by atoms with Crippen LogP contribution in [0, 0.1) is 27.3 Å². The van der Waals surface area contributed by atoms with Gasteiger partial charge in [-0.15, -0.1) is 0 Å². The summed E-state index contributed by atoms with van der Waals surface area (Å²) in [7, 11) is -8.12. The molecule has 4 N–H and O–H groups in total. The highest BCUT2D eigenvalue weighted by atomic mass is 32.2. The Morgan fingerprint density at radius 3 is 2.46 bits per heavy atom. The van der Waals surface area contributed by atoms with Crippen molar-refractivity contribution in [3.8, 4) is 17.2 Å². The number of fused-ring (bicyclic) bond motifs is 2. The van der Waals surface area contributed by atoms with Crippen molar-refractivity contribution in [2.75, 3.05) is 62.3 Å². The maximum Gasteiger partial charge on any atom is 0.297 e. The molecule has 0 bridgehead atoms. The number of benzene rings is 3. The number of pyridine rings is 1. The Morgan fingerprint density at radius 1 is 1.01 bits per heavy atom. The van der Waals surface area contributed by atoms with Crippen molar-refractivity contribution in [3.05, 3.63) is 106 Å². The molecule has 4 fully saturated rings. The summed E-state index contributed by atoms with van der Waals surface area (Å²) in [5.41, 5.74) is 2.06. The normalized spacial score (nSPS) is 24.8. The molecule has 5 aromatic rings. The first-order valence-corrected chi connectivity index (χ1v) is 28.0. The Kier molecular flexibility index (Phi) is 13.0. The molecule has 4 aliphatic heterocycles. The van der Waals surface area contributed by atoms with E-state index in [1.165, 1.54) is 35.7 Å². The van der Waals surface area contributed by atoms with Gasteiger partial charge in [0.1, 0.15) is 29.6 Å². The largest absolute Gasteiger partial charge is 0.489 e. The molecule has 0 radical (unpaired) electrons. The van der Waals surface area contributed by atoms with Gasteiger partial charge in [0.05, 0.1) is 44.9 Å². The van der Waals surface area contributed by atoms with E-state index >= 15 is 0 Å². The predicted molar refractivity (Wildman–Crippen MR) is 269 cm³/mol. The predicted octanol–water partition coefficient (Wildman–Crippen LogP) is 7.48. The number of hydrogen-bond acceptors (Lipinski definition) is 14. The summed E-state index contributed by atoms with van der Waals surface area (Å²) >= 11 is 0. The van der Waals surface area contributed by atoms with Crippen molar-refractivity contribution < 1.29 is 45.5 Å². The zero-order valence-electron chi connectivity index (χ0n) is 40.8. The van der Waals surface area contributed by atoms with E-state index in [0.29, 0.717) is 57.5 Å². The minimum Gasteiger partial charge on any atom is -0.489 e. The van der Waals surface area contributed by atoms with Crippen LogP contribution >= 0.6 is 0 Å². The molecule has 10 rings (SSSR count). The van der Waals surface area contributed by atoms with Crippen LogP contribution in [0.25, 0.3) is 11.0 Å². The van der Waals surface area contributed by atoms with Gasteiger partial charge in [-0.05, 0) is 98.4 Å². The fourth-order valence-corrected chi connectivity index (χ4v) is 13.6. The fourth-order valence-electron chi connectivity index (χ4n) is 11.7. The first-order valence-electron chi connectivity index (χ1n) is 24.6. The lowest BCUT2D eigenvalue weighted by Gasteiger charge is -2.59. The summed E-state index contributed by atoms with van der Waals surface area (Å²) in [5.74, 6) is -1.24. The van der Waals surface area contributed by atoms with Gasteiger partial charge in [-0.25, -0.2) is 35.2 Å². The summed E-state index contributed by atoms with van der Waals surface area (Å²) in [6.45, 7) is 10.3. The van der Waals surface area contributed by atoms with Crippen LogP contribution in [0.1, 0.15) is 99.0 Å². The van der Waals surface area contributed by atoms with Crippen molar-refractivity contribution in [1.82, 2.24) is 23.9 Å². The third-order valence-corrected chi connectivity index (χ3v) is 18.4. The molecular formula is C51H61FN8O10S2. The van der Waals surface area contributed by atoms with Gasteiger partial charge in [0.15, 0.2) is 11.4 Å². The molecule has 6 heterocycles. The third kappa shape index (κ3) is 9.84. The second kappa shape index (κ2) is 18.9. The average molecular weight is 1030 g/mol. The number of piperidine rings is 2. The minimum absolute atomic E-state index is 0.0280.